The molecule has 0 radical (unpaired) electrons. The fourth-order valence-corrected chi connectivity index (χ4v) is 6.69. The molecule has 142 valence electrons. The second-order valence-corrected chi connectivity index (χ2v) is 11.0. The van der Waals surface area contributed by atoms with Crippen molar-refractivity contribution in [1.82, 2.24) is 4.72 Å². The number of hydrogen-bond acceptors (Lipinski definition) is 7. The van der Waals surface area contributed by atoms with Crippen LogP contribution in [0.2, 0.25) is 0 Å². The van der Waals surface area contributed by atoms with E-state index in [1.807, 2.05) is 0 Å². The van der Waals surface area contributed by atoms with Gasteiger partial charge in [-0.2, -0.15) is 0 Å². The van der Waals surface area contributed by atoms with E-state index in [0.717, 1.165) is 11.3 Å². The summed E-state index contributed by atoms with van der Waals surface area (Å²) in [5.41, 5.74) is 0.446. The van der Waals surface area contributed by atoms with Gasteiger partial charge in [-0.1, -0.05) is 19.1 Å². The van der Waals surface area contributed by atoms with Crippen LogP contribution < -0.4 is 14.2 Å². The minimum Gasteiger partial charge on any atom is -0.454 e. The molecular weight excluding hydrogens is 398 g/mol. The average Bonchev–Trinajstić information content (AvgIpc) is 3.26. The Morgan fingerprint density at radius 3 is 2.62 bits per heavy atom. The summed E-state index contributed by atoms with van der Waals surface area (Å²) >= 11 is 1.10. The zero-order valence-corrected chi connectivity index (χ0v) is 16.5. The number of benzene rings is 1. The molecule has 0 spiro atoms. The van der Waals surface area contributed by atoms with Gasteiger partial charge in [0.2, 0.25) is 16.8 Å². The third-order valence-corrected chi connectivity index (χ3v) is 8.96. The van der Waals surface area contributed by atoms with E-state index in [1.165, 1.54) is 6.07 Å². The van der Waals surface area contributed by atoms with Gasteiger partial charge in [0.15, 0.2) is 21.3 Å². The molecule has 7 nitrogen and oxygen atoms in total. The molecule has 0 bridgehead atoms. The van der Waals surface area contributed by atoms with E-state index in [-0.39, 0.29) is 23.3 Å². The molecule has 0 fully saturated rings. The van der Waals surface area contributed by atoms with Crippen LogP contribution in [0.1, 0.15) is 24.2 Å². The lowest BCUT2D eigenvalue weighted by Crippen LogP contribution is -2.33. The van der Waals surface area contributed by atoms with Crippen molar-refractivity contribution in [2.45, 2.75) is 22.8 Å². The molecule has 2 heterocycles. The van der Waals surface area contributed by atoms with E-state index in [2.05, 4.69) is 4.72 Å². The topological polar surface area (TPSA) is 98.8 Å². The number of rotatable bonds is 8. The Morgan fingerprint density at radius 1 is 1.15 bits per heavy atom. The normalized spacial score (nSPS) is 15.1. The number of nitrogens with one attached hydrogen (secondary N) is 1. The molecule has 1 aromatic heterocycles. The van der Waals surface area contributed by atoms with Crippen LogP contribution in [0.25, 0.3) is 0 Å². The minimum atomic E-state index is -3.77. The second kappa shape index (κ2) is 7.55. The Hall–Kier alpha value is -1.62. The van der Waals surface area contributed by atoms with Gasteiger partial charge in [0.1, 0.15) is 9.46 Å². The predicted molar refractivity (Wildman–Crippen MR) is 98.9 cm³/mol. The van der Waals surface area contributed by atoms with Gasteiger partial charge >= 0.3 is 0 Å². The van der Waals surface area contributed by atoms with E-state index in [9.17, 15) is 16.8 Å². The maximum Gasteiger partial charge on any atom is 0.231 e. The monoisotopic (exact) mass is 417 g/mol. The van der Waals surface area contributed by atoms with Gasteiger partial charge in [-0.3, -0.25) is 0 Å². The largest absolute Gasteiger partial charge is 0.454 e. The molecule has 26 heavy (non-hydrogen) atoms. The quantitative estimate of drug-likeness (QED) is 0.708. The fourth-order valence-electron chi connectivity index (χ4n) is 2.63. The SMILES string of the molecule is CCCS(=O)(=O)NC[C@H](c1ccc2c(c1)OCO2)S(=O)(=O)c1cccs1. The number of ether oxygens (including phenoxy) is 2. The van der Waals surface area contributed by atoms with E-state index < -0.39 is 25.1 Å². The van der Waals surface area contributed by atoms with Crippen LogP contribution in [0, 0.1) is 0 Å². The van der Waals surface area contributed by atoms with E-state index in [4.69, 9.17) is 9.47 Å². The molecule has 0 amide bonds. The van der Waals surface area contributed by atoms with E-state index in [1.54, 1.807) is 36.6 Å². The number of sulfone groups is 1. The Bertz CT molecular complexity index is 967. The lowest BCUT2D eigenvalue weighted by molar-refractivity contribution is 0.174. The van der Waals surface area contributed by atoms with Crippen LogP contribution in [0.5, 0.6) is 11.5 Å². The maximum absolute atomic E-state index is 13.1. The van der Waals surface area contributed by atoms with Gasteiger partial charge in [-0.05, 0) is 35.6 Å². The highest BCUT2D eigenvalue weighted by molar-refractivity contribution is 7.93. The first-order valence-electron chi connectivity index (χ1n) is 7.98. The van der Waals surface area contributed by atoms with Crippen molar-refractivity contribution < 1.29 is 26.3 Å². The van der Waals surface area contributed by atoms with Crippen molar-refractivity contribution in [2.75, 3.05) is 19.1 Å². The summed E-state index contributed by atoms with van der Waals surface area (Å²) in [7, 11) is -7.31. The van der Waals surface area contributed by atoms with Gasteiger partial charge in [0.05, 0.1) is 5.75 Å². The molecule has 1 atom stereocenters. The lowest BCUT2D eigenvalue weighted by atomic mass is 10.1. The van der Waals surface area contributed by atoms with Gasteiger partial charge in [-0.25, -0.2) is 21.6 Å². The predicted octanol–water partition coefficient (Wildman–Crippen LogP) is 2.32. The van der Waals surface area contributed by atoms with E-state index in [0.29, 0.717) is 23.5 Å². The Balaban J connectivity index is 1.97. The highest BCUT2D eigenvalue weighted by atomic mass is 32.2. The molecule has 0 saturated carbocycles. The first kappa shape index (κ1) is 19.2. The molecule has 1 aromatic carbocycles. The summed E-state index contributed by atoms with van der Waals surface area (Å²) in [5.74, 6) is 0.929. The number of fused-ring (bicyclic) bond motifs is 1. The summed E-state index contributed by atoms with van der Waals surface area (Å²) < 4.78 is 63.4. The molecule has 1 aliphatic rings. The second-order valence-electron chi connectivity index (χ2n) is 5.75. The highest BCUT2D eigenvalue weighted by Gasteiger charge is 2.32. The molecule has 1 aliphatic heterocycles. The number of sulfonamides is 1. The first-order valence-corrected chi connectivity index (χ1v) is 12.1. The summed E-state index contributed by atoms with van der Waals surface area (Å²) in [5, 5.41) is 0.604. The molecule has 3 rings (SSSR count). The molecule has 10 heteroatoms. The van der Waals surface area contributed by atoms with Gasteiger partial charge in [0, 0.05) is 6.54 Å². The fraction of sp³-hybridized carbons (Fsp3) is 0.375. The zero-order valence-electron chi connectivity index (χ0n) is 14.0. The molecular formula is C16H19NO6S3. The summed E-state index contributed by atoms with van der Waals surface area (Å²) in [6.07, 6.45) is 0.446. The first-order chi connectivity index (χ1) is 12.3. The van der Waals surface area contributed by atoms with Gasteiger partial charge < -0.3 is 9.47 Å². The Kier molecular flexibility index (Phi) is 5.56. The molecule has 1 N–H and O–H groups in total. The third kappa shape index (κ3) is 4.03. The Morgan fingerprint density at radius 2 is 1.92 bits per heavy atom. The standard InChI is InChI=1S/C16H19NO6S3/c1-2-8-25(18,19)17-10-15(26(20,21)16-4-3-7-24-16)12-5-6-13-14(9-12)23-11-22-13/h3-7,9,15,17H,2,8,10-11H2,1H3/t15-/m1/s1. The van der Waals surface area contributed by atoms with Crippen molar-refractivity contribution in [3.63, 3.8) is 0 Å². The van der Waals surface area contributed by atoms with Crippen molar-refractivity contribution in [1.29, 1.82) is 0 Å². The average molecular weight is 418 g/mol. The number of hydrogen-bond donors (Lipinski definition) is 1. The third-order valence-electron chi connectivity index (χ3n) is 3.88. The van der Waals surface area contributed by atoms with Crippen LogP contribution in [0.3, 0.4) is 0 Å². The van der Waals surface area contributed by atoms with Crippen molar-refractivity contribution in [2.24, 2.45) is 0 Å². The van der Waals surface area contributed by atoms with Crippen LogP contribution in [-0.4, -0.2) is 35.9 Å². The number of thiophene rings is 1. The van der Waals surface area contributed by atoms with Gasteiger partial charge in [-0.15, -0.1) is 11.3 Å². The minimum absolute atomic E-state index is 0.0556. The van der Waals surface area contributed by atoms with Crippen LogP contribution in [0.4, 0.5) is 0 Å². The zero-order chi connectivity index (χ0) is 18.8. The van der Waals surface area contributed by atoms with Crippen LogP contribution in [0.15, 0.2) is 39.9 Å². The summed E-state index contributed by atoms with van der Waals surface area (Å²) in [4.78, 5) is 0. The lowest BCUT2D eigenvalue weighted by Gasteiger charge is -2.18. The smallest absolute Gasteiger partial charge is 0.231 e. The van der Waals surface area contributed by atoms with Gasteiger partial charge in [0.25, 0.3) is 0 Å². The maximum atomic E-state index is 13.1. The molecule has 0 saturated heterocycles. The van der Waals surface area contributed by atoms with Crippen molar-refractivity contribution >= 4 is 31.2 Å². The Labute approximate surface area is 156 Å². The molecule has 0 unspecified atom stereocenters. The summed E-state index contributed by atoms with van der Waals surface area (Å²) in [6, 6.07) is 8.01. The van der Waals surface area contributed by atoms with Crippen molar-refractivity contribution in [3.8, 4) is 11.5 Å². The van der Waals surface area contributed by atoms with E-state index >= 15 is 0 Å². The molecule has 0 aliphatic carbocycles. The summed E-state index contributed by atoms with van der Waals surface area (Å²) in [6.45, 7) is 1.57. The van der Waals surface area contributed by atoms with Crippen LogP contribution in [-0.2, 0) is 19.9 Å². The highest BCUT2D eigenvalue weighted by Crippen LogP contribution is 2.38. The van der Waals surface area contributed by atoms with Crippen LogP contribution >= 0.6 is 11.3 Å². The van der Waals surface area contributed by atoms with Crippen molar-refractivity contribution in [3.05, 3.63) is 41.3 Å². The molecule has 2 aromatic rings.